The van der Waals surface area contributed by atoms with Crippen LogP contribution in [0, 0.1) is 5.92 Å². The second-order valence-electron chi connectivity index (χ2n) is 5.22. The molecule has 2 fully saturated rings. The molecule has 2 nitrogen and oxygen atoms in total. The Labute approximate surface area is 125 Å². The number of rotatable bonds is 2. The Morgan fingerprint density at radius 1 is 0.850 bits per heavy atom. The average Bonchev–Trinajstić information content (AvgIpc) is 3.03. The predicted octanol–water partition coefficient (Wildman–Crippen LogP) is 4.80. The summed E-state index contributed by atoms with van der Waals surface area (Å²) in [5.41, 5.74) is 2.82. The highest BCUT2D eigenvalue weighted by Crippen LogP contribution is 2.29. The molecular weight excluding hydrogens is 244 g/mol. The second-order valence-corrected chi connectivity index (χ2v) is 5.22. The van der Waals surface area contributed by atoms with Crippen LogP contribution in [0.25, 0.3) is 0 Å². The minimum absolute atomic E-state index is 0.871. The van der Waals surface area contributed by atoms with E-state index in [2.05, 4.69) is 41.0 Å². The van der Waals surface area contributed by atoms with E-state index in [1.54, 1.807) is 0 Å². The second kappa shape index (κ2) is 8.89. The van der Waals surface area contributed by atoms with Gasteiger partial charge in [0.2, 0.25) is 0 Å². The molecule has 0 unspecified atom stereocenters. The molecule has 2 saturated heterocycles. The highest BCUT2D eigenvalue weighted by molar-refractivity contribution is 5.60. The van der Waals surface area contributed by atoms with Crippen LogP contribution in [-0.2, 0) is 0 Å². The molecule has 0 radical (unpaired) electrons. The molecule has 1 aromatic carbocycles. The van der Waals surface area contributed by atoms with E-state index < -0.39 is 0 Å². The molecule has 0 spiro atoms. The summed E-state index contributed by atoms with van der Waals surface area (Å²) < 4.78 is 0. The molecule has 3 rings (SSSR count). The van der Waals surface area contributed by atoms with Crippen molar-refractivity contribution in [3.8, 4) is 0 Å². The van der Waals surface area contributed by atoms with Crippen LogP contribution in [0.3, 0.4) is 0 Å². The van der Waals surface area contributed by atoms with Gasteiger partial charge in [-0.05, 0) is 37.0 Å². The van der Waals surface area contributed by atoms with Crippen LogP contribution in [-0.4, -0.2) is 26.2 Å². The van der Waals surface area contributed by atoms with Crippen molar-refractivity contribution < 1.29 is 0 Å². The van der Waals surface area contributed by atoms with Crippen LogP contribution in [0.5, 0.6) is 0 Å². The first kappa shape index (κ1) is 16.9. The molecule has 0 N–H and O–H groups in total. The maximum absolute atomic E-state index is 2.51. The van der Waals surface area contributed by atoms with Crippen molar-refractivity contribution in [3.05, 3.63) is 24.3 Å². The van der Waals surface area contributed by atoms with Crippen molar-refractivity contribution in [2.75, 3.05) is 36.0 Å². The lowest BCUT2D eigenvalue weighted by atomic mass is 10.0. The van der Waals surface area contributed by atoms with E-state index in [9.17, 15) is 0 Å². The standard InChI is InChI=1S/C14H20N2.2C2H6/c1-12-10-16(11-12)14-6-4-5-13(9-14)15-7-2-3-8-15;2*1-2/h4-6,9,12H,2-3,7-8,10-11H2,1H3;2*1-2H3. The fourth-order valence-electron chi connectivity index (χ4n) is 2.77. The lowest BCUT2D eigenvalue weighted by Gasteiger charge is -2.39. The van der Waals surface area contributed by atoms with E-state index in [0.29, 0.717) is 0 Å². The summed E-state index contributed by atoms with van der Waals surface area (Å²) in [6.07, 6.45) is 2.70. The molecule has 2 aliphatic heterocycles. The molecule has 1 aromatic rings. The molecular formula is C18H32N2. The summed E-state index contributed by atoms with van der Waals surface area (Å²) in [7, 11) is 0. The summed E-state index contributed by atoms with van der Waals surface area (Å²) in [4.78, 5) is 4.98. The van der Waals surface area contributed by atoms with Gasteiger partial charge in [0.15, 0.2) is 0 Å². The highest BCUT2D eigenvalue weighted by atomic mass is 15.2. The molecule has 2 heterocycles. The zero-order chi connectivity index (χ0) is 15.0. The Kier molecular flexibility index (Phi) is 7.50. The quantitative estimate of drug-likeness (QED) is 0.766. The number of benzene rings is 1. The van der Waals surface area contributed by atoms with Crippen LogP contribution >= 0.6 is 0 Å². The normalized spacial score (nSPS) is 17.6. The number of nitrogens with zero attached hydrogens (tertiary/aromatic N) is 2. The van der Waals surface area contributed by atoms with E-state index >= 15 is 0 Å². The monoisotopic (exact) mass is 276 g/mol. The first-order valence-electron chi connectivity index (χ1n) is 8.43. The third-order valence-electron chi connectivity index (χ3n) is 3.73. The van der Waals surface area contributed by atoms with Crippen LogP contribution in [0.4, 0.5) is 11.4 Å². The minimum atomic E-state index is 0.871. The molecule has 2 aliphatic rings. The number of anilines is 2. The highest BCUT2D eigenvalue weighted by Gasteiger charge is 2.23. The summed E-state index contributed by atoms with van der Waals surface area (Å²) in [5, 5.41) is 0. The van der Waals surface area contributed by atoms with Gasteiger partial charge in [-0.1, -0.05) is 40.7 Å². The Morgan fingerprint density at radius 3 is 1.85 bits per heavy atom. The van der Waals surface area contributed by atoms with Crippen LogP contribution in [0.1, 0.15) is 47.5 Å². The zero-order valence-electron chi connectivity index (χ0n) is 14.0. The fourth-order valence-corrected chi connectivity index (χ4v) is 2.77. The smallest absolute Gasteiger partial charge is 0.0387 e. The van der Waals surface area contributed by atoms with Gasteiger partial charge < -0.3 is 9.80 Å². The van der Waals surface area contributed by atoms with Gasteiger partial charge >= 0.3 is 0 Å². The summed E-state index contributed by atoms with van der Waals surface area (Å²) >= 11 is 0. The number of hydrogen-bond donors (Lipinski definition) is 0. The van der Waals surface area contributed by atoms with Gasteiger partial charge in [0, 0.05) is 37.6 Å². The summed E-state index contributed by atoms with van der Waals surface area (Å²) in [6.45, 7) is 15.2. The molecule has 0 atom stereocenters. The molecule has 20 heavy (non-hydrogen) atoms. The van der Waals surface area contributed by atoms with Crippen molar-refractivity contribution >= 4 is 11.4 Å². The third-order valence-corrected chi connectivity index (χ3v) is 3.73. The van der Waals surface area contributed by atoms with Gasteiger partial charge in [0.25, 0.3) is 0 Å². The van der Waals surface area contributed by atoms with Crippen molar-refractivity contribution in [2.24, 2.45) is 5.92 Å². The number of hydrogen-bond acceptors (Lipinski definition) is 2. The van der Waals surface area contributed by atoms with E-state index in [1.165, 1.54) is 50.4 Å². The van der Waals surface area contributed by atoms with Crippen molar-refractivity contribution in [1.29, 1.82) is 0 Å². The maximum atomic E-state index is 2.51. The molecule has 0 bridgehead atoms. The van der Waals surface area contributed by atoms with Gasteiger partial charge in [-0.3, -0.25) is 0 Å². The lowest BCUT2D eigenvalue weighted by molar-refractivity contribution is 0.447. The zero-order valence-corrected chi connectivity index (χ0v) is 14.0. The van der Waals surface area contributed by atoms with E-state index in [-0.39, 0.29) is 0 Å². The average molecular weight is 276 g/mol. The largest absolute Gasteiger partial charge is 0.371 e. The Bertz CT molecular complexity index is 363. The van der Waals surface area contributed by atoms with Crippen molar-refractivity contribution in [3.63, 3.8) is 0 Å². The van der Waals surface area contributed by atoms with E-state index in [4.69, 9.17) is 0 Å². The van der Waals surface area contributed by atoms with Crippen molar-refractivity contribution in [1.82, 2.24) is 0 Å². The van der Waals surface area contributed by atoms with Gasteiger partial charge in [-0.25, -0.2) is 0 Å². The molecule has 0 aliphatic carbocycles. The Hall–Kier alpha value is -1.18. The Balaban J connectivity index is 0.000000461. The molecule has 114 valence electrons. The molecule has 0 amide bonds. The van der Waals surface area contributed by atoms with Crippen LogP contribution in [0.15, 0.2) is 24.3 Å². The van der Waals surface area contributed by atoms with Gasteiger partial charge in [0.1, 0.15) is 0 Å². The van der Waals surface area contributed by atoms with Gasteiger partial charge in [-0.15, -0.1) is 0 Å². The molecule has 0 saturated carbocycles. The first-order valence-corrected chi connectivity index (χ1v) is 8.43. The lowest BCUT2D eigenvalue weighted by Crippen LogP contribution is -2.45. The summed E-state index contributed by atoms with van der Waals surface area (Å²) in [5.74, 6) is 0.871. The SMILES string of the molecule is CC.CC.CC1CN(c2cccc(N3CCCC3)c2)C1. The fraction of sp³-hybridized carbons (Fsp3) is 0.667. The van der Waals surface area contributed by atoms with E-state index in [1.807, 2.05) is 27.7 Å². The topological polar surface area (TPSA) is 6.48 Å². The minimum Gasteiger partial charge on any atom is -0.371 e. The molecule has 0 aromatic heterocycles. The Morgan fingerprint density at radius 2 is 1.35 bits per heavy atom. The third kappa shape index (κ3) is 4.16. The summed E-state index contributed by atoms with van der Waals surface area (Å²) in [6, 6.07) is 9.05. The maximum Gasteiger partial charge on any atom is 0.0387 e. The van der Waals surface area contributed by atoms with Gasteiger partial charge in [0.05, 0.1) is 0 Å². The van der Waals surface area contributed by atoms with Crippen LogP contribution in [0.2, 0.25) is 0 Å². The first-order chi connectivity index (χ1) is 9.83. The van der Waals surface area contributed by atoms with E-state index in [0.717, 1.165) is 5.92 Å². The van der Waals surface area contributed by atoms with Crippen molar-refractivity contribution in [2.45, 2.75) is 47.5 Å². The predicted molar refractivity (Wildman–Crippen MR) is 92.0 cm³/mol. The van der Waals surface area contributed by atoms with Gasteiger partial charge in [-0.2, -0.15) is 0 Å². The van der Waals surface area contributed by atoms with Crippen LogP contribution < -0.4 is 9.80 Å². The molecule has 2 heteroatoms.